The van der Waals surface area contributed by atoms with Crippen LogP contribution in [-0.2, 0) is 4.79 Å². The second kappa shape index (κ2) is 5.29. The molecule has 1 aromatic heterocycles. The van der Waals surface area contributed by atoms with E-state index in [1.165, 1.54) is 6.07 Å². The van der Waals surface area contributed by atoms with E-state index in [2.05, 4.69) is 10.3 Å². The normalized spacial score (nSPS) is 9.80. The number of hydrogen-bond donors (Lipinski definition) is 1. The van der Waals surface area contributed by atoms with Crippen LogP contribution in [0.4, 0.5) is 10.2 Å². The fourth-order valence-corrected chi connectivity index (χ4v) is 1.18. The van der Waals surface area contributed by atoms with E-state index in [1.54, 1.807) is 24.1 Å². The van der Waals surface area contributed by atoms with E-state index in [9.17, 15) is 9.18 Å². The number of aromatic nitrogens is 1. The van der Waals surface area contributed by atoms with E-state index >= 15 is 0 Å². The number of pyridine rings is 1. The number of anilines is 1. The number of nitrogens with one attached hydrogen (secondary N) is 1. The third-order valence-corrected chi connectivity index (χ3v) is 2.02. The third-order valence-electron chi connectivity index (χ3n) is 2.02. The molecule has 0 saturated heterocycles. The Morgan fingerprint density at radius 2 is 2.33 bits per heavy atom. The van der Waals surface area contributed by atoms with Crippen LogP contribution in [0.2, 0.25) is 0 Å². The summed E-state index contributed by atoms with van der Waals surface area (Å²) in [4.78, 5) is 16.6. The molecule has 0 atom stereocenters. The van der Waals surface area contributed by atoms with Gasteiger partial charge in [0.05, 0.1) is 6.54 Å². The van der Waals surface area contributed by atoms with Crippen molar-refractivity contribution in [1.82, 2.24) is 10.3 Å². The first kappa shape index (κ1) is 11.4. The lowest BCUT2D eigenvalue weighted by molar-refractivity contribution is -0.119. The van der Waals surface area contributed by atoms with Crippen LogP contribution in [0.25, 0.3) is 0 Å². The van der Waals surface area contributed by atoms with E-state index in [1.807, 2.05) is 6.92 Å². The van der Waals surface area contributed by atoms with Gasteiger partial charge in [-0.15, -0.1) is 0 Å². The van der Waals surface area contributed by atoms with Crippen LogP contribution in [0.1, 0.15) is 6.92 Å². The lowest BCUT2D eigenvalue weighted by Gasteiger charge is -2.20. The van der Waals surface area contributed by atoms with Crippen LogP contribution in [0.3, 0.4) is 0 Å². The SMILES string of the molecule is CCN(CC(=O)NC)c1cccc(F)n1. The highest BCUT2D eigenvalue weighted by Gasteiger charge is 2.09. The van der Waals surface area contributed by atoms with E-state index < -0.39 is 5.95 Å². The molecule has 0 fully saturated rings. The summed E-state index contributed by atoms with van der Waals surface area (Å²) in [5.41, 5.74) is 0. The summed E-state index contributed by atoms with van der Waals surface area (Å²) in [6.07, 6.45) is 0. The maximum Gasteiger partial charge on any atom is 0.239 e. The minimum atomic E-state index is -0.539. The van der Waals surface area contributed by atoms with E-state index in [-0.39, 0.29) is 12.5 Å². The Balaban J connectivity index is 2.78. The van der Waals surface area contributed by atoms with Gasteiger partial charge in [-0.25, -0.2) is 4.98 Å². The second-order valence-electron chi connectivity index (χ2n) is 3.01. The minimum absolute atomic E-state index is 0.122. The standard InChI is InChI=1S/C10H14FN3O/c1-3-14(7-10(15)12-2)9-6-4-5-8(11)13-9/h4-6H,3,7H2,1-2H3,(H,12,15). The molecule has 1 aromatic rings. The van der Waals surface area contributed by atoms with Crippen molar-refractivity contribution in [2.75, 3.05) is 25.0 Å². The minimum Gasteiger partial charge on any atom is -0.358 e. The summed E-state index contributed by atoms with van der Waals surface area (Å²) in [6.45, 7) is 2.67. The number of rotatable bonds is 4. The number of hydrogen-bond acceptors (Lipinski definition) is 3. The maximum atomic E-state index is 12.8. The first-order valence-corrected chi connectivity index (χ1v) is 4.75. The summed E-state index contributed by atoms with van der Waals surface area (Å²) in [5.74, 6) is -0.188. The third kappa shape index (κ3) is 3.19. The van der Waals surface area contributed by atoms with Crippen LogP contribution >= 0.6 is 0 Å². The van der Waals surface area contributed by atoms with Crippen molar-refractivity contribution in [3.63, 3.8) is 0 Å². The molecule has 0 saturated carbocycles. The zero-order valence-electron chi connectivity index (χ0n) is 8.83. The predicted octanol–water partition coefficient (Wildman–Crippen LogP) is 0.793. The van der Waals surface area contributed by atoms with Crippen LogP contribution in [0.15, 0.2) is 18.2 Å². The first-order chi connectivity index (χ1) is 7.17. The molecule has 5 heteroatoms. The van der Waals surface area contributed by atoms with E-state index in [4.69, 9.17) is 0 Å². The van der Waals surface area contributed by atoms with Crippen molar-refractivity contribution in [1.29, 1.82) is 0 Å². The lowest BCUT2D eigenvalue weighted by Crippen LogP contribution is -2.36. The predicted molar refractivity (Wildman–Crippen MR) is 56.1 cm³/mol. The Labute approximate surface area is 88.1 Å². The number of likely N-dealkylation sites (N-methyl/N-ethyl adjacent to an activating group) is 2. The van der Waals surface area contributed by atoms with Crippen molar-refractivity contribution in [2.24, 2.45) is 0 Å². The van der Waals surface area contributed by atoms with Gasteiger partial charge in [-0.1, -0.05) is 6.07 Å². The average molecular weight is 211 g/mol. The van der Waals surface area contributed by atoms with Crippen molar-refractivity contribution in [3.05, 3.63) is 24.1 Å². The molecular weight excluding hydrogens is 197 g/mol. The topological polar surface area (TPSA) is 45.2 Å². The molecule has 0 spiro atoms. The quantitative estimate of drug-likeness (QED) is 0.749. The van der Waals surface area contributed by atoms with Crippen molar-refractivity contribution >= 4 is 11.7 Å². The van der Waals surface area contributed by atoms with Gasteiger partial charge in [-0.2, -0.15) is 4.39 Å². The molecule has 1 heterocycles. The Kier molecular flexibility index (Phi) is 4.03. The lowest BCUT2D eigenvalue weighted by atomic mass is 10.4. The molecule has 15 heavy (non-hydrogen) atoms. The fourth-order valence-electron chi connectivity index (χ4n) is 1.18. The zero-order valence-corrected chi connectivity index (χ0v) is 8.83. The van der Waals surface area contributed by atoms with Gasteiger partial charge in [0.15, 0.2) is 0 Å². The zero-order chi connectivity index (χ0) is 11.3. The number of carbonyl (C=O) groups is 1. The van der Waals surface area contributed by atoms with Gasteiger partial charge >= 0.3 is 0 Å². The first-order valence-electron chi connectivity index (χ1n) is 4.75. The molecule has 0 aromatic carbocycles. The molecule has 1 N–H and O–H groups in total. The molecule has 1 rings (SSSR count). The number of carbonyl (C=O) groups excluding carboxylic acids is 1. The molecule has 82 valence electrons. The number of nitrogens with zero attached hydrogens (tertiary/aromatic N) is 2. The van der Waals surface area contributed by atoms with Gasteiger partial charge in [-0.3, -0.25) is 4.79 Å². The van der Waals surface area contributed by atoms with Gasteiger partial charge in [0.2, 0.25) is 11.9 Å². The highest BCUT2D eigenvalue weighted by molar-refractivity contribution is 5.80. The van der Waals surface area contributed by atoms with Crippen molar-refractivity contribution in [2.45, 2.75) is 6.92 Å². The Morgan fingerprint density at radius 1 is 1.60 bits per heavy atom. The summed E-state index contributed by atoms with van der Waals surface area (Å²) in [5, 5.41) is 2.51. The monoisotopic (exact) mass is 211 g/mol. The summed E-state index contributed by atoms with van der Waals surface area (Å²) in [7, 11) is 1.56. The van der Waals surface area contributed by atoms with Crippen molar-refractivity contribution < 1.29 is 9.18 Å². The molecular formula is C10H14FN3O. The number of amides is 1. The summed E-state index contributed by atoms with van der Waals surface area (Å²) >= 11 is 0. The van der Waals surface area contributed by atoms with E-state index in [0.29, 0.717) is 12.4 Å². The van der Waals surface area contributed by atoms with Crippen LogP contribution in [0, 0.1) is 5.95 Å². The van der Waals surface area contributed by atoms with Gasteiger partial charge in [0.25, 0.3) is 0 Å². The highest BCUT2D eigenvalue weighted by Crippen LogP contribution is 2.09. The molecule has 0 aliphatic rings. The smallest absolute Gasteiger partial charge is 0.239 e. The van der Waals surface area contributed by atoms with Gasteiger partial charge < -0.3 is 10.2 Å². The Bertz CT molecular complexity index is 343. The number of halogens is 1. The van der Waals surface area contributed by atoms with E-state index in [0.717, 1.165) is 0 Å². The molecule has 0 bridgehead atoms. The molecule has 0 aliphatic carbocycles. The second-order valence-corrected chi connectivity index (χ2v) is 3.01. The fraction of sp³-hybridized carbons (Fsp3) is 0.400. The molecule has 1 amide bonds. The summed E-state index contributed by atoms with van der Waals surface area (Å²) < 4.78 is 12.8. The Morgan fingerprint density at radius 3 is 2.87 bits per heavy atom. The molecule has 0 radical (unpaired) electrons. The largest absolute Gasteiger partial charge is 0.358 e. The van der Waals surface area contributed by atoms with Crippen LogP contribution < -0.4 is 10.2 Å². The highest BCUT2D eigenvalue weighted by atomic mass is 19.1. The van der Waals surface area contributed by atoms with Crippen LogP contribution in [0.5, 0.6) is 0 Å². The van der Waals surface area contributed by atoms with Crippen LogP contribution in [-0.4, -0.2) is 31.0 Å². The Hall–Kier alpha value is -1.65. The van der Waals surface area contributed by atoms with Gasteiger partial charge in [0.1, 0.15) is 5.82 Å². The summed E-state index contributed by atoms with van der Waals surface area (Å²) in [6, 6.07) is 4.52. The molecule has 0 aliphatic heterocycles. The molecule has 0 unspecified atom stereocenters. The van der Waals surface area contributed by atoms with Gasteiger partial charge in [-0.05, 0) is 19.1 Å². The molecule has 4 nitrogen and oxygen atoms in total. The van der Waals surface area contributed by atoms with Gasteiger partial charge in [0, 0.05) is 13.6 Å². The maximum absolute atomic E-state index is 12.8. The van der Waals surface area contributed by atoms with Crippen molar-refractivity contribution in [3.8, 4) is 0 Å². The average Bonchev–Trinajstić information content (AvgIpc) is 2.25.